The lowest BCUT2D eigenvalue weighted by Gasteiger charge is -2.20. The van der Waals surface area contributed by atoms with Crippen molar-refractivity contribution >= 4 is 5.69 Å². The molecule has 1 heterocycles. The molecule has 0 aliphatic heterocycles. The first-order chi connectivity index (χ1) is 7.19. The van der Waals surface area contributed by atoms with Crippen LogP contribution >= 0.6 is 0 Å². The van der Waals surface area contributed by atoms with Gasteiger partial charge in [0.2, 0.25) is 0 Å². The van der Waals surface area contributed by atoms with Gasteiger partial charge in [-0.15, -0.1) is 6.42 Å². The molecule has 80 valence electrons. The molecule has 0 spiro atoms. The molecule has 0 bridgehead atoms. The first kappa shape index (κ1) is 11.5. The van der Waals surface area contributed by atoms with E-state index in [0.29, 0.717) is 6.54 Å². The van der Waals surface area contributed by atoms with Gasteiger partial charge in [0.25, 0.3) is 0 Å². The highest BCUT2D eigenvalue weighted by atomic mass is 15.1. The van der Waals surface area contributed by atoms with Crippen molar-refractivity contribution < 1.29 is 0 Å². The summed E-state index contributed by atoms with van der Waals surface area (Å²) in [6, 6.07) is 3.92. The lowest BCUT2D eigenvalue weighted by Crippen LogP contribution is -2.23. The zero-order valence-electron chi connectivity index (χ0n) is 9.27. The molecule has 0 saturated carbocycles. The van der Waals surface area contributed by atoms with Crippen LogP contribution in [0, 0.1) is 12.3 Å². The van der Waals surface area contributed by atoms with Gasteiger partial charge in [0.15, 0.2) is 0 Å². The third kappa shape index (κ3) is 2.97. The van der Waals surface area contributed by atoms with Crippen molar-refractivity contribution in [2.45, 2.75) is 19.9 Å². The van der Waals surface area contributed by atoms with E-state index in [4.69, 9.17) is 12.2 Å². The standard InChI is InChI=1S/C12H17N3/c1-4-8-15(5-2)11-6-7-12(10(3)13)14-9-11/h1,6-7,9-10H,5,8,13H2,2-3H3. The van der Waals surface area contributed by atoms with Crippen molar-refractivity contribution in [3.05, 3.63) is 24.0 Å². The van der Waals surface area contributed by atoms with Gasteiger partial charge in [-0.25, -0.2) is 0 Å². The Bertz CT molecular complexity index is 335. The third-order valence-electron chi connectivity index (χ3n) is 2.27. The second-order valence-electron chi connectivity index (χ2n) is 3.45. The monoisotopic (exact) mass is 203 g/mol. The SMILES string of the molecule is C#CCN(CC)c1ccc(C(C)N)nc1. The zero-order valence-corrected chi connectivity index (χ0v) is 9.27. The Morgan fingerprint density at radius 3 is 2.73 bits per heavy atom. The molecule has 0 amide bonds. The molecule has 0 saturated heterocycles. The van der Waals surface area contributed by atoms with Crippen LogP contribution in [-0.4, -0.2) is 18.1 Å². The topological polar surface area (TPSA) is 42.1 Å². The van der Waals surface area contributed by atoms with Gasteiger partial charge in [-0.3, -0.25) is 4.98 Å². The molecule has 3 nitrogen and oxygen atoms in total. The highest BCUT2D eigenvalue weighted by Gasteiger charge is 2.04. The number of nitrogens with two attached hydrogens (primary N) is 1. The summed E-state index contributed by atoms with van der Waals surface area (Å²) in [4.78, 5) is 6.38. The van der Waals surface area contributed by atoms with E-state index in [1.165, 1.54) is 0 Å². The summed E-state index contributed by atoms with van der Waals surface area (Å²) in [5.74, 6) is 2.63. The summed E-state index contributed by atoms with van der Waals surface area (Å²) in [7, 11) is 0. The molecule has 0 aliphatic rings. The van der Waals surface area contributed by atoms with Crippen molar-refractivity contribution in [1.82, 2.24) is 4.98 Å². The van der Waals surface area contributed by atoms with E-state index in [2.05, 4.69) is 22.7 Å². The summed E-state index contributed by atoms with van der Waals surface area (Å²) in [5.41, 5.74) is 7.66. The van der Waals surface area contributed by atoms with Gasteiger partial charge >= 0.3 is 0 Å². The van der Waals surface area contributed by atoms with E-state index >= 15 is 0 Å². The fraction of sp³-hybridized carbons (Fsp3) is 0.417. The molecule has 15 heavy (non-hydrogen) atoms. The van der Waals surface area contributed by atoms with Crippen molar-refractivity contribution in [2.75, 3.05) is 18.0 Å². The molecule has 1 rings (SSSR count). The van der Waals surface area contributed by atoms with Crippen LogP contribution in [0.15, 0.2) is 18.3 Å². The maximum atomic E-state index is 5.72. The molecule has 0 aliphatic carbocycles. The number of hydrogen-bond acceptors (Lipinski definition) is 3. The van der Waals surface area contributed by atoms with E-state index in [1.54, 1.807) is 0 Å². The van der Waals surface area contributed by atoms with Crippen LogP contribution in [0.5, 0.6) is 0 Å². The van der Waals surface area contributed by atoms with Gasteiger partial charge in [-0.05, 0) is 26.0 Å². The molecule has 0 fully saturated rings. The summed E-state index contributed by atoms with van der Waals surface area (Å²) in [6.45, 7) is 5.47. The fourth-order valence-corrected chi connectivity index (χ4v) is 1.35. The van der Waals surface area contributed by atoms with Gasteiger partial charge in [0.1, 0.15) is 0 Å². The number of anilines is 1. The summed E-state index contributed by atoms with van der Waals surface area (Å²) < 4.78 is 0. The predicted octanol–water partition coefficient (Wildman–Crippen LogP) is 1.56. The Kier molecular flexibility index (Phi) is 4.14. The molecule has 0 aromatic carbocycles. The first-order valence-corrected chi connectivity index (χ1v) is 5.09. The average Bonchev–Trinajstić information content (AvgIpc) is 2.26. The Morgan fingerprint density at radius 2 is 2.33 bits per heavy atom. The normalized spacial score (nSPS) is 11.9. The summed E-state index contributed by atoms with van der Waals surface area (Å²) in [6.07, 6.45) is 7.11. The van der Waals surface area contributed by atoms with Crippen molar-refractivity contribution in [3.63, 3.8) is 0 Å². The lowest BCUT2D eigenvalue weighted by molar-refractivity contribution is 0.778. The van der Waals surface area contributed by atoms with Crippen LogP contribution < -0.4 is 10.6 Å². The number of nitrogens with zero attached hydrogens (tertiary/aromatic N) is 2. The zero-order chi connectivity index (χ0) is 11.3. The van der Waals surface area contributed by atoms with E-state index in [0.717, 1.165) is 17.9 Å². The Balaban J connectivity index is 2.83. The van der Waals surface area contributed by atoms with Gasteiger partial charge in [-0.2, -0.15) is 0 Å². The average molecular weight is 203 g/mol. The van der Waals surface area contributed by atoms with Crippen molar-refractivity contribution in [3.8, 4) is 12.3 Å². The molecule has 1 unspecified atom stereocenters. The number of aromatic nitrogens is 1. The third-order valence-corrected chi connectivity index (χ3v) is 2.27. The maximum absolute atomic E-state index is 5.72. The molecule has 1 atom stereocenters. The smallest absolute Gasteiger partial charge is 0.0792 e. The van der Waals surface area contributed by atoms with E-state index in [1.807, 2.05) is 25.3 Å². The minimum atomic E-state index is -0.0261. The van der Waals surface area contributed by atoms with Crippen LogP contribution in [0.4, 0.5) is 5.69 Å². The van der Waals surface area contributed by atoms with Gasteiger partial charge in [0, 0.05) is 12.6 Å². The predicted molar refractivity (Wildman–Crippen MR) is 63.6 cm³/mol. The molecule has 1 aromatic rings. The summed E-state index contributed by atoms with van der Waals surface area (Å²) in [5, 5.41) is 0. The number of hydrogen-bond donors (Lipinski definition) is 1. The van der Waals surface area contributed by atoms with Crippen molar-refractivity contribution in [1.29, 1.82) is 0 Å². The molecule has 1 aromatic heterocycles. The van der Waals surface area contributed by atoms with E-state index in [-0.39, 0.29) is 6.04 Å². The van der Waals surface area contributed by atoms with Crippen LogP contribution in [0.25, 0.3) is 0 Å². The highest BCUT2D eigenvalue weighted by Crippen LogP contribution is 2.14. The Morgan fingerprint density at radius 1 is 1.60 bits per heavy atom. The lowest BCUT2D eigenvalue weighted by atomic mass is 10.2. The summed E-state index contributed by atoms with van der Waals surface area (Å²) >= 11 is 0. The Labute approximate surface area is 91.3 Å². The quantitative estimate of drug-likeness (QED) is 0.755. The molecular formula is C12H17N3. The molecule has 2 N–H and O–H groups in total. The number of rotatable bonds is 4. The Hall–Kier alpha value is -1.53. The number of terminal acetylenes is 1. The van der Waals surface area contributed by atoms with Crippen LogP contribution in [0.2, 0.25) is 0 Å². The number of pyridine rings is 1. The molecular weight excluding hydrogens is 186 g/mol. The largest absolute Gasteiger partial charge is 0.359 e. The van der Waals surface area contributed by atoms with E-state index in [9.17, 15) is 0 Å². The second-order valence-corrected chi connectivity index (χ2v) is 3.45. The van der Waals surface area contributed by atoms with Crippen LogP contribution in [-0.2, 0) is 0 Å². The maximum Gasteiger partial charge on any atom is 0.0792 e. The van der Waals surface area contributed by atoms with Crippen LogP contribution in [0.1, 0.15) is 25.6 Å². The first-order valence-electron chi connectivity index (χ1n) is 5.09. The molecule has 3 heteroatoms. The second kappa shape index (κ2) is 5.38. The van der Waals surface area contributed by atoms with E-state index < -0.39 is 0 Å². The minimum absolute atomic E-state index is 0.0261. The fourth-order valence-electron chi connectivity index (χ4n) is 1.35. The van der Waals surface area contributed by atoms with Gasteiger partial charge < -0.3 is 10.6 Å². The van der Waals surface area contributed by atoms with Gasteiger partial charge in [-0.1, -0.05) is 5.92 Å². The minimum Gasteiger partial charge on any atom is -0.359 e. The van der Waals surface area contributed by atoms with Crippen LogP contribution in [0.3, 0.4) is 0 Å². The van der Waals surface area contributed by atoms with Gasteiger partial charge in [0.05, 0.1) is 24.1 Å². The van der Waals surface area contributed by atoms with Crippen molar-refractivity contribution in [2.24, 2.45) is 5.73 Å². The highest BCUT2D eigenvalue weighted by molar-refractivity contribution is 5.45. The molecule has 0 radical (unpaired) electrons.